The van der Waals surface area contributed by atoms with Crippen LogP contribution in [0.15, 0.2) is 53.0 Å². The Morgan fingerprint density at radius 3 is 2.20 bits per heavy atom. The Labute approximate surface area is 215 Å². The molecule has 1 atom stereocenters. The highest BCUT2D eigenvalue weighted by atomic mass is 79.9. The van der Waals surface area contributed by atoms with Crippen molar-refractivity contribution >= 4 is 43.6 Å². The van der Waals surface area contributed by atoms with Crippen LogP contribution in [0.1, 0.15) is 32.3 Å². The average molecular weight is 572 g/mol. The Kier molecular flexibility index (Phi) is 10.7. The Bertz CT molecular complexity index is 1100. The molecule has 1 N–H and O–H groups in total. The minimum Gasteiger partial charge on any atom is -0.354 e. The fourth-order valence-corrected chi connectivity index (χ4v) is 4.55. The molecule has 11 heteroatoms. The van der Waals surface area contributed by atoms with Gasteiger partial charge in [-0.05, 0) is 55.3 Å². The number of hydrogen-bond acceptors (Lipinski definition) is 4. The molecule has 0 bridgehead atoms. The Morgan fingerprint density at radius 2 is 1.66 bits per heavy atom. The first-order valence-corrected chi connectivity index (χ1v) is 13.4. The van der Waals surface area contributed by atoms with Crippen LogP contribution in [0.25, 0.3) is 0 Å². The predicted octanol–water partition coefficient (Wildman–Crippen LogP) is 3.53. The van der Waals surface area contributed by atoms with E-state index in [4.69, 9.17) is 0 Å². The van der Waals surface area contributed by atoms with E-state index in [1.807, 2.05) is 31.2 Å². The van der Waals surface area contributed by atoms with Crippen molar-refractivity contribution < 1.29 is 22.4 Å². The van der Waals surface area contributed by atoms with Crippen LogP contribution >= 0.6 is 15.9 Å². The van der Waals surface area contributed by atoms with Gasteiger partial charge in [0.1, 0.15) is 18.4 Å². The van der Waals surface area contributed by atoms with Crippen LogP contribution in [0.5, 0.6) is 0 Å². The second-order valence-electron chi connectivity index (χ2n) is 8.24. The van der Waals surface area contributed by atoms with E-state index < -0.39 is 34.5 Å². The van der Waals surface area contributed by atoms with Gasteiger partial charge in [0.05, 0.1) is 5.69 Å². The lowest BCUT2D eigenvalue weighted by molar-refractivity contribution is -0.139. The largest absolute Gasteiger partial charge is 0.354 e. The van der Waals surface area contributed by atoms with Crippen molar-refractivity contribution in [2.24, 2.45) is 0 Å². The summed E-state index contributed by atoms with van der Waals surface area (Å²) in [5.41, 5.74) is 0.913. The number of unbranched alkanes of at least 4 members (excludes halogenated alkanes) is 1. The summed E-state index contributed by atoms with van der Waals surface area (Å²) in [7, 11) is -1.39. The maximum atomic E-state index is 13.5. The molecule has 0 spiro atoms. The molecule has 0 fully saturated rings. The van der Waals surface area contributed by atoms with Crippen LogP contribution in [0.4, 0.5) is 10.1 Å². The van der Waals surface area contributed by atoms with Crippen molar-refractivity contribution in [1.82, 2.24) is 14.5 Å². The van der Waals surface area contributed by atoms with Crippen LogP contribution in [-0.4, -0.2) is 62.7 Å². The summed E-state index contributed by atoms with van der Waals surface area (Å²) in [6.07, 6.45) is 1.71. The van der Waals surface area contributed by atoms with Crippen LogP contribution in [0, 0.1) is 5.82 Å². The van der Waals surface area contributed by atoms with E-state index in [2.05, 4.69) is 21.2 Å². The number of anilines is 1. The molecule has 0 saturated carbocycles. The molecule has 0 aliphatic carbocycles. The molecule has 0 radical (unpaired) electrons. The van der Waals surface area contributed by atoms with Crippen molar-refractivity contribution in [3.8, 4) is 0 Å². The van der Waals surface area contributed by atoms with E-state index in [1.165, 1.54) is 31.1 Å². The van der Waals surface area contributed by atoms with E-state index in [0.717, 1.165) is 43.6 Å². The van der Waals surface area contributed by atoms with Gasteiger partial charge in [0.15, 0.2) is 0 Å². The van der Waals surface area contributed by atoms with Gasteiger partial charge in [-0.25, -0.2) is 8.70 Å². The quantitative estimate of drug-likeness (QED) is 0.395. The number of nitrogens with one attached hydrogen (secondary N) is 1. The van der Waals surface area contributed by atoms with Crippen molar-refractivity contribution in [2.45, 2.75) is 39.3 Å². The van der Waals surface area contributed by atoms with Gasteiger partial charge in [0.2, 0.25) is 11.8 Å². The second-order valence-corrected chi connectivity index (χ2v) is 11.2. The minimum absolute atomic E-state index is 0.105. The summed E-state index contributed by atoms with van der Waals surface area (Å²) >= 11 is 3.38. The number of carbonyl (C=O) groups is 2. The second kappa shape index (κ2) is 13.0. The Balaban J connectivity index is 2.39. The zero-order chi connectivity index (χ0) is 26.2. The molecular weight excluding hydrogens is 539 g/mol. The first-order chi connectivity index (χ1) is 16.5. The number of benzene rings is 2. The third-order valence-corrected chi connectivity index (χ3v) is 7.74. The summed E-state index contributed by atoms with van der Waals surface area (Å²) in [6, 6.07) is 11.3. The molecule has 2 rings (SSSR count). The SMILES string of the molecule is CCCCNC(=O)[C@H](C)N(Cc1ccc(Br)cc1)C(=O)CN(c1ccc(F)cc1)S(=O)(=O)N(C)C. The number of carbonyl (C=O) groups excluding carboxylic acids is 2. The van der Waals surface area contributed by atoms with E-state index in [9.17, 15) is 22.4 Å². The fourth-order valence-electron chi connectivity index (χ4n) is 3.23. The number of amides is 2. The number of hydrogen-bond donors (Lipinski definition) is 1. The van der Waals surface area contributed by atoms with E-state index in [-0.39, 0.29) is 18.1 Å². The summed E-state index contributed by atoms with van der Waals surface area (Å²) < 4.78 is 42.3. The predicted molar refractivity (Wildman–Crippen MR) is 138 cm³/mol. The van der Waals surface area contributed by atoms with Gasteiger partial charge in [-0.2, -0.15) is 12.7 Å². The summed E-state index contributed by atoms with van der Waals surface area (Å²) in [5, 5.41) is 2.83. The fraction of sp³-hybridized carbons (Fsp3) is 0.417. The summed E-state index contributed by atoms with van der Waals surface area (Å²) in [6.45, 7) is 3.65. The van der Waals surface area contributed by atoms with Gasteiger partial charge in [-0.3, -0.25) is 9.59 Å². The summed E-state index contributed by atoms with van der Waals surface area (Å²) in [4.78, 5) is 27.7. The number of halogens is 2. The summed E-state index contributed by atoms with van der Waals surface area (Å²) in [5.74, 6) is -1.43. The lowest BCUT2D eigenvalue weighted by Gasteiger charge is -2.32. The van der Waals surface area contributed by atoms with Gasteiger partial charge in [-0.15, -0.1) is 0 Å². The molecule has 192 valence electrons. The zero-order valence-corrected chi connectivity index (χ0v) is 22.8. The Morgan fingerprint density at radius 1 is 1.06 bits per heavy atom. The van der Waals surface area contributed by atoms with Crippen molar-refractivity contribution in [3.63, 3.8) is 0 Å². The third kappa shape index (κ3) is 8.01. The average Bonchev–Trinajstić information content (AvgIpc) is 2.82. The molecule has 0 aliphatic heterocycles. The topological polar surface area (TPSA) is 90.0 Å². The van der Waals surface area contributed by atoms with Crippen LogP contribution in [-0.2, 0) is 26.3 Å². The van der Waals surface area contributed by atoms with Gasteiger partial charge in [0.25, 0.3) is 0 Å². The molecule has 35 heavy (non-hydrogen) atoms. The maximum Gasteiger partial charge on any atom is 0.304 e. The highest BCUT2D eigenvalue weighted by molar-refractivity contribution is 9.10. The molecule has 0 aromatic heterocycles. The van der Waals surface area contributed by atoms with Crippen LogP contribution in [0.3, 0.4) is 0 Å². The molecule has 2 aromatic rings. The lowest BCUT2D eigenvalue weighted by Crippen LogP contribution is -2.52. The highest BCUT2D eigenvalue weighted by Gasteiger charge is 2.32. The normalized spacial score (nSPS) is 12.3. The molecule has 0 heterocycles. The Hall–Kier alpha value is -2.50. The molecule has 0 unspecified atom stereocenters. The van der Waals surface area contributed by atoms with Crippen LogP contribution < -0.4 is 9.62 Å². The van der Waals surface area contributed by atoms with Gasteiger partial charge in [0, 0.05) is 31.7 Å². The molecule has 0 aliphatic rings. The van der Waals surface area contributed by atoms with Gasteiger partial charge < -0.3 is 10.2 Å². The zero-order valence-electron chi connectivity index (χ0n) is 20.4. The third-order valence-electron chi connectivity index (χ3n) is 5.40. The van der Waals surface area contributed by atoms with Crippen LogP contribution in [0.2, 0.25) is 0 Å². The van der Waals surface area contributed by atoms with E-state index in [0.29, 0.717) is 6.54 Å². The first kappa shape index (κ1) is 28.7. The monoisotopic (exact) mass is 570 g/mol. The van der Waals surface area contributed by atoms with Gasteiger partial charge in [-0.1, -0.05) is 41.4 Å². The molecule has 2 aromatic carbocycles. The van der Waals surface area contributed by atoms with E-state index in [1.54, 1.807) is 6.92 Å². The molecule has 2 amide bonds. The van der Waals surface area contributed by atoms with E-state index >= 15 is 0 Å². The molecule has 8 nitrogen and oxygen atoms in total. The van der Waals surface area contributed by atoms with Crippen molar-refractivity contribution in [1.29, 1.82) is 0 Å². The number of rotatable bonds is 12. The maximum absolute atomic E-state index is 13.5. The molecular formula is C24H32BrFN4O4S. The molecule has 0 saturated heterocycles. The van der Waals surface area contributed by atoms with Gasteiger partial charge >= 0.3 is 10.2 Å². The standard InChI is InChI=1S/C24H32BrFN4O4S/c1-5-6-15-27-24(32)18(2)29(16-19-7-9-20(25)10-8-19)23(31)17-30(35(33,34)28(3)4)22-13-11-21(26)12-14-22/h7-14,18H,5-6,15-17H2,1-4H3,(H,27,32)/t18-/m0/s1. The first-order valence-electron chi connectivity index (χ1n) is 11.2. The lowest BCUT2D eigenvalue weighted by atomic mass is 10.1. The highest BCUT2D eigenvalue weighted by Crippen LogP contribution is 2.21. The minimum atomic E-state index is -4.09. The van der Waals surface area contributed by atoms with Crippen molar-refractivity contribution in [2.75, 3.05) is 31.5 Å². The van der Waals surface area contributed by atoms with Crippen molar-refractivity contribution in [3.05, 3.63) is 64.4 Å². The number of nitrogens with zero attached hydrogens (tertiary/aromatic N) is 3. The smallest absolute Gasteiger partial charge is 0.304 e.